The minimum Gasteiger partial charge on any atom is -0.461 e. The van der Waals surface area contributed by atoms with Crippen LogP contribution in [0.4, 0.5) is 0 Å². The van der Waals surface area contributed by atoms with Gasteiger partial charge in [0, 0.05) is 0 Å². The first kappa shape index (κ1) is 12.3. The Morgan fingerprint density at radius 2 is 2.00 bits per heavy atom. The first-order valence-corrected chi connectivity index (χ1v) is 3.62. The molecule has 1 N–H and O–H groups in total. The molecule has 0 heterocycles. The molecule has 0 aliphatic heterocycles. The van der Waals surface area contributed by atoms with E-state index in [2.05, 4.69) is 16.1 Å². The Hall–Kier alpha value is -1.69. The molecule has 0 amide bonds. The molecule has 0 saturated heterocycles. The second kappa shape index (κ2) is 5.87. The Bertz CT molecular complexity index is 257. The van der Waals surface area contributed by atoms with E-state index in [9.17, 15) is 14.4 Å². The maximum Gasteiger partial charge on any atom is 0.417 e. The molecule has 0 rings (SSSR count). The normalized spacial score (nSPS) is 11.3. The van der Waals surface area contributed by atoms with Gasteiger partial charge in [-0.15, -0.1) is 0 Å². The zero-order chi connectivity index (χ0) is 11.1. The molecule has 0 spiro atoms. The summed E-state index contributed by atoms with van der Waals surface area (Å²) in [4.78, 5) is 31.8. The molecule has 0 fully saturated rings. The second-order valence-electron chi connectivity index (χ2n) is 2.21. The van der Waals surface area contributed by atoms with Crippen molar-refractivity contribution in [3.8, 4) is 0 Å². The summed E-state index contributed by atoms with van der Waals surface area (Å²) in [5.74, 6) is -3.14. The Balaban J connectivity index is 3.94. The van der Waals surface area contributed by atoms with Gasteiger partial charge in [-0.25, -0.2) is 9.59 Å². The number of hydrogen-bond acceptors (Lipinski definition) is 6. The van der Waals surface area contributed by atoms with E-state index in [0.717, 1.165) is 13.2 Å². The quantitative estimate of drug-likeness (QED) is 0.350. The largest absolute Gasteiger partial charge is 0.461 e. The van der Waals surface area contributed by atoms with Crippen molar-refractivity contribution in [1.82, 2.24) is 0 Å². The smallest absolute Gasteiger partial charge is 0.417 e. The summed E-state index contributed by atoms with van der Waals surface area (Å²) in [7, 11) is 1.01. The monoisotopic (exact) mass is 202 g/mol. The molecule has 14 heavy (non-hydrogen) atoms. The van der Waals surface area contributed by atoms with Gasteiger partial charge >= 0.3 is 11.9 Å². The van der Waals surface area contributed by atoms with E-state index in [0.29, 0.717) is 0 Å². The molecule has 0 radical (unpaired) electrons. The fraction of sp³-hybridized carbons (Fsp3) is 0.375. The van der Waals surface area contributed by atoms with Crippen molar-refractivity contribution in [3.05, 3.63) is 12.7 Å². The second-order valence-corrected chi connectivity index (χ2v) is 2.21. The Morgan fingerprint density at radius 3 is 2.43 bits per heavy atom. The fourth-order valence-electron chi connectivity index (χ4n) is 0.515. The van der Waals surface area contributed by atoms with Crippen LogP contribution in [0.15, 0.2) is 12.7 Å². The summed E-state index contributed by atoms with van der Waals surface area (Å²) in [5, 5.41) is 8.97. The highest BCUT2D eigenvalue weighted by molar-refractivity contribution is 6.29. The molecular weight excluding hydrogens is 192 g/mol. The van der Waals surface area contributed by atoms with Crippen molar-refractivity contribution in [2.45, 2.75) is 6.10 Å². The number of methoxy groups -OCH3 is 1. The first-order chi connectivity index (χ1) is 6.52. The Labute approximate surface area is 80.1 Å². The van der Waals surface area contributed by atoms with Crippen molar-refractivity contribution in [3.63, 3.8) is 0 Å². The number of ether oxygens (including phenoxy) is 2. The van der Waals surface area contributed by atoms with Crippen LogP contribution in [0, 0.1) is 0 Å². The maximum atomic E-state index is 10.7. The van der Waals surface area contributed by atoms with Gasteiger partial charge in [0.2, 0.25) is 0 Å². The number of ketones is 1. The molecule has 78 valence electrons. The summed E-state index contributed by atoms with van der Waals surface area (Å²) >= 11 is 0. The minimum absolute atomic E-state index is 0.598. The van der Waals surface area contributed by atoms with Gasteiger partial charge in [0.05, 0.1) is 7.11 Å². The molecular formula is C8H10O6. The zero-order valence-corrected chi connectivity index (χ0v) is 7.56. The lowest BCUT2D eigenvalue weighted by molar-refractivity contribution is -0.167. The third-order valence-electron chi connectivity index (χ3n) is 1.25. The summed E-state index contributed by atoms with van der Waals surface area (Å²) in [6, 6.07) is 0. The Kier molecular flexibility index (Phi) is 5.16. The van der Waals surface area contributed by atoms with Crippen molar-refractivity contribution in [2.24, 2.45) is 0 Å². The van der Waals surface area contributed by atoms with Crippen LogP contribution in [0.5, 0.6) is 0 Å². The van der Waals surface area contributed by atoms with Crippen LogP contribution in [-0.4, -0.2) is 42.6 Å². The molecule has 6 heteroatoms. The highest BCUT2D eigenvalue weighted by Crippen LogP contribution is 1.91. The third kappa shape index (κ3) is 3.81. The van der Waals surface area contributed by atoms with Crippen LogP contribution in [0.2, 0.25) is 0 Å². The number of carbonyl (C=O) groups excluding carboxylic acids is 3. The van der Waals surface area contributed by atoms with Crippen molar-refractivity contribution in [2.75, 3.05) is 13.7 Å². The van der Waals surface area contributed by atoms with Gasteiger partial charge in [0.1, 0.15) is 6.61 Å². The topological polar surface area (TPSA) is 89.9 Å². The molecule has 0 aromatic rings. The minimum atomic E-state index is -1.50. The van der Waals surface area contributed by atoms with E-state index in [1.807, 2.05) is 0 Å². The van der Waals surface area contributed by atoms with Crippen molar-refractivity contribution in [1.29, 1.82) is 0 Å². The summed E-state index contributed by atoms with van der Waals surface area (Å²) in [6.07, 6.45) is -0.613. The van der Waals surface area contributed by atoms with E-state index in [4.69, 9.17) is 5.11 Å². The van der Waals surface area contributed by atoms with Crippen molar-refractivity contribution >= 4 is 17.7 Å². The molecule has 6 nitrogen and oxygen atoms in total. The lowest BCUT2D eigenvalue weighted by Crippen LogP contribution is -2.28. The van der Waals surface area contributed by atoms with Crippen LogP contribution in [-0.2, 0) is 23.9 Å². The third-order valence-corrected chi connectivity index (χ3v) is 1.25. The van der Waals surface area contributed by atoms with Crippen LogP contribution in [0.25, 0.3) is 0 Å². The van der Waals surface area contributed by atoms with Crippen molar-refractivity contribution < 1.29 is 29.0 Å². The van der Waals surface area contributed by atoms with Gasteiger partial charge in [-0.05, 0) is 6.08 Å². The molecule has 0 saturated carbocycles. The predicted octanol–water partition coefficient (Wildman–Crippen LogP) is -1.18. The Morgan fingerprint density at radius 1 is 1.43 bits per heavy atom. The number of rotatable bonds is 4. The summed E-state index contributed by atoms with van der Waals surface area (Å²) in [6.45, 7) is 2.52. The lowest BCUT2D eigenvalue weighted by Gasteiger charge is -2.06. The fourth-order valence-corrected chi connectivity index (χ4v) is 0.515. The van der Waals surface area contributed by atoms with Gasteiger partial charge in [0.15, 0.2) is 11.9 Å². The number of aliphatic hydroxyl groups is 1. The maximum absolute atomic E-state index is 10.7. The van der Waals surface area contributed by atoms with Gasteiger partial charge in [-0.1, -0.05) is 6.58 Å². The van der Waals surface area contributed by atoms with Crippen LogP contribution in [0.3, 0.4) is 0 Å². The zero-order valence-electron chi connectivity index (χ0n) is 7.56. The lowest BCUT2D eigenvalue weighted by atomic mass is 10.2. The molecule has 1 atom stereocenters. The standard InChI is InChI=1S/C8H10O6/c1-3-5(9)6(10)4-14-8(12)7(11)13-2/h3,6,10H,1,4H2,2H3. The molecule has 0 aromatic heterocycles. The van der Waals surface area contributed by atoms with Gasteiger partial charge < -0.3 is 14.6 Å². The summed E-state index contributed by atoms with van der Waals surface area (Å²) in [5.41, 5.74) is 0. The average molecular weight is 202 g/mol. The van der Waals surface area contributed by atoms with Gasteiger partial charge in [-0.3, -0.25) is 4.79 Å². The number of esters is 2. The first-order valence-electron chi connectivity index (χ1n) is 3.62. The van der Waals surface area contributed by atoms with Crippen LogP contribution < -0.4 is 0 Å². The SMILES string of the molecule is C=CC(=O)C(O)COC(=O)C(=O)OC. The van der Waals surface area contributed by atoms with E-state index >= 15 is 0 Å². The van der Waals surface area contributed by atoms with E-state index in [-0.39, 0.29) is 0 Å². The van der Waals surface area contributed by atoms with Crippen LogP contribution in [0.1, 0.15) is 0 Å². The average Bonchev–Trinajstić information content (AvgIpc) is 2.22. The van der Waals surface area contributed by atoms with E-state index in [1.54, 1.807) is 0 Å². The molecule has 0 aromatic carbocycles. The number of hydrogen-bond donors (Lipinski definition) is 1. The van der Waals surface area contributed by atoms with Crippen LogP contribution >= 0.6 is 0 Å². The summed E-state index contributed by atoms with van der Waals surface area (Å²) < 4.78 is 8.28. The number of carbonyl (C=O) groups is 3. The van der Waals surface area contributed by atoms with Gasteiger partial charge in [0.25, 0.3) is 0 Å². The molecule has 0 aliphatic carbocycles. The van der Waals surface area contributed by atoms with E-state index < -0.39 is 30.4 Å². The highest BCUT2D eigenvalue weighted by atomic mass is 16.6. The highest BCUT2D eigenvalue weighted by Gasteiger charge is 2.19. The van der Waals surface area contributed by atoms with Gasteiger partial charge in [-0.2, -0.15) is 0 Å². The number of aliphatic hydroxyl groups excluding tert-OH is 1. The molecule has 0 bridgehead atoms. The van der Waals surface area contributed by atoms with E-state index in [1.165, 1.54) is 0 Å². The molecule has 0 aliphatic rings. The predicted molar refractivity (Wildman–Crippen MR) is 44.2 cm³/mol. The molecule has 1 unspecified atom stereocenters.